The molecular formula is C19H24BrN3O. The summed E-state index contributed by atoms with van der Waals surface area (Å²) in [6.45, 7) is 7.60. The van der Waals surface area contributed by atoms with E-state index in [9.17, 15) is 0 Å². The highest BCUT2D eigenvalue weighted by Crippen LogP contribution is 2.30. The highest BCUT2D eigenvalue weighted by molar-refractivity contribution is 9.10. The third kappa shape index (κ3) is 4.81. The predicted octanol–water partition coefficient (Wildman–Crippen LogP) is 4.91. The maximum Gasteiger partial charge on any atom is 0.228 e. The molecule has 2 rings (SSSR count). The molecule has 5 heteroatoms. The van der Waals surface area contributed by atoms with Gasteiger partial charge in [-0.25, -0.2) is 9.98 Å². The Kier molecular flexibility index (Phi) is 6.79. The molecule has 0 amide bonds. The number of aryl methyl sites for hydroxylation is 2. The molecule has 0 atom stereocenters. The first-order valence-electron chi connectivity index (χ1n) is 8.16. The Morgan fingerprint density at radius 3 is 2.62 bits per heavy atom. The van der Waals surface area contributed by atoms with E-state index in [4.69, 9.17) is 4.74 Å². The van der Waals surface area contributed by atoms with Crippen LogP contribution in [-0.2, 0) is 13.0 Å². The average molecular weight is 390 g/mol. The smallest absolute Gasteiger partial charge is 0.228 e. The van der Waals surface area contributed by atoms with E-state index in [1.807, 2.05) is 37.3 Å². The van der Waals surface area contributed by atoms with E-state index >= 15 is 0 Å². The second-order valence-corrected chi connectivity index (χ2v) is 6.46. The van der Waals surface area contributed by atoms with Crippen molar-refractivity contribution < 1.29 is 4.74 Å². The van der Waals surface area contributed by atoms with Crippen LogP contribution in [0.4, 0.5) is 5.69 Å². The molecule has 4 nitrogen and oxygen atoms in total. The number of benzene rings is 1. The molecule has 24 heavy (non-hydrogen) atoms. The van der Waals surface area contributed by atoms with Crippen molar-refractivity contribution in [3.8, 4) is 5.88 Å². The summed E-state index contributed by atoms with van der Waals surface area (Å²) < 4.78 is 6.74. The fourth-order valence-corrected chi connectivity index (χ4v) is 2.63. The van der Waals surface area contributed by atoms with Gasteiger partial charge in [0.15, 0.2) is 0 Å². The van der Waals surface area contributed by atoms with Gasteiger partial charge in [0.2, 0.25) is 5.88 Å². The highest BCUT2D eigenvalue weighted by Gasteiger charge is 2.09. The summed E-state index contributed by atoms with van der Waals surface area (Å²) in [7, 11) is 1.99. The first-order valence-corrected chi connectivity index (χ1v) is 8.95. The zero-order chi connectivity index (χ0) is 17.5. The molecule has 0 N–H and O–H groups in total. The number of nitrogens with zero attached hydrogens (tertiary/aromatic N) is 3. The number of aromatic nitrogens is 1. The standard InChI is InChI=1S/C19H24BrN3O/c1-5-15-9-7-8-10-16(15)12-24-19-17(20)11-18(14(3)22-19)21-13-23(4)6-2/h7-11,13H,5-6,12H2,1-4H3/b21-13+. The summed E-state index contributed by atoms with van der Waals surface area (Å²) in [6.07, 6.45) is 2.81. The molecular weight excluding hydrogens is 366 g/mol. The lowest BCUT2D eigenvalue weighted by atomic mass is 10.1. The summed E-state index contributed by atoms with van der Waals surface area (Å²) >= 11 is 3.54. The summed E-state index contributed by atoms with van der Waals surface area (Å²) in [6, 6.07) is 10.3. The Morgan fingerprint density at radius 1 is 1.25 bits per heavy atom. The number of pyridine rings is 1. The largest absolute Gasteiger partial charge is 0.472 e. The number of hydrogen-bond acceptors (Lipinski definition) is 3. The summed E-state index contributed by atoms with van der Waals surface area (Å²) in [4.78, 5) is 11.0. The van der Waals surface area contributed by atoms with Crippen molar-refractivity contribution in [2.75, 3.05) is 13.6 Å². The van der Waals surface area contributed by atoms with Gasteiger partial charge in [-0.2, -0.15) is 0 Å². The summed E-state index contributed by atoms with van der Waals surface area (Å²) in [5, 5.41) is 0. The van der Waals surface area contributed by atoms with Crippen molar-refractivity contribution in [2.45, 2.75) is 33.8 Å². The van der Waals surface area contributed by atoms with E-state index in [0.717, 1.165) is 28.8 Å². The van der Waals surface area contributed by atoms with Gasteiger partial charge in [0, 0.05) is 13.6 Å². The third-order valence-electron chi connectivity index (χ3n) is 3.86. The monoisotopic (exact) mass is 389 g/mol. The lowest BCUT2D eigenvalue weighted by Crippen LogP contribution is -2.14. The zero-order valence-corrected chi connectivity index (χ0v) is 16.3. The van der Waals surface area contributed by atoms with Gasteiger partial charge in [0.25, 0.3) is 0 Å². The van der Waals surface area contributed by atoms with Crippen molar-refractivity contribution in [3.63, 3.8) is 0 Å². The number of halogens is 1. The van der Waals surface area contributed by atoms with Crippen molar-refractivity contribution >= 4 is 28.0 Å². The van der Waals surface area contributed by atoms with Crippen molar-refractivity contribution in [1.82, 2.24) is 9.88 Å². The van der Waals surface area contributed by atoms with Crippen molar-refractivity contribution in [3.05, 3.63) is 51.6 Å². The molecule has 0 unspecified atom stereocenters. The van der Waals surface area contributed by atoms with Crippen LogP contribution in [0.15, 0.2) is 39.8 Å². The molecule has 1 heterocycles. The van der Waals surface area contributed by atoms with E-state index in [0.29, 0.717) is 12.5 Å². The van der Waals surface area contributed by atoms with Gasteiger partial charge in [-0.05, 0) is 53.4 Å². The van der Waals surface area contributed by atoms with Crippen LogP contribution in [0.2, 0.25) is 0 Å². The van der Waals surface area contributed by atoms with Crippen LogP contribution in [0.5, 0.6) is 5.88 Å². The molecule has 0 spiro atoms. The number of hydrogen-bond donors (Lipinski definition) is 0. The molecule has 0 bridgehead atoms. The van der Waals surface area contributed by atoms with E-state index in [1.165, 1.54) is 11.1 Å². The maximum atomic E-state index is 5.93. The number of ether oxygens (including phenoxy) is 1. The molecule has 128 valence electrons. The van der Waals surface area contributed by atoms with Crippen LogP contribution in [0.25, 0.3) is 0 Å². The van der Waals surface area contributed by atoms with Gasteiger partial charge in [0.05, 0.1) is 22.2 Å². The van der Waals surface area contributed by atoms with Crippen LogP contribution in [0.3, 0.4) is 0 Å². The topological polar surface area (TPSA) is 37.7 Å². The molecule has 1 aromatic carbocycles. The lowest BCUT2D eigenvalue weighted by molar-refractivity contribution is 0.290. The first kappa shape index (κ1) is 18.5. The van der Waals surface area contributed by atoms with E-state index < -0.39 is 0 Å². The minimum absolute atomic E-state index is 0.510. The summed E-state index contributed by atoms with van der Waals surface area (Å²) in [5.74, 6) is 0.598. The molecule has 0 aliphatic carbocycles. The molecule has 1 aromatic heterocycles. The van der Waals surface area contributed by atoms with E-state index in [-0.39, 0.29) is 0 Å². The van der Waals surface area contributed by atoms with Crippen molar-refractivity contribution in [2.24, 2.45) is 4.99 Å². The molecule has 0 aliphatic rings. The molecule has 0 fully saturated rings. The fourth-order valence-electron chi connectivity index (χ4n) is 2.21. The quantitative estimate of drug-likeness (QED) is 0.498. The van der Waals surface area contributed by atoms with Crippen LogP contribution in [0, 0.1) is 6.92 Å². The zero-order valence-electron chi connectivity index (χ0n) is 14.7. The fraction of sp³-hybridized carbons (Fsp3) is 0.368. The van der Waals surface area contributed by atoms with Crippen molar-refractivity contribution in [1.29, 1.82) is 0 Å². The molecule has 0 radical (unpaired) electrons. The Morgan fingerprint density at radius 2 is 1.96 bits per heavy atom. The third-order valence-corrected chi connectivity index (χ3v) is 4.43. The Balaban J connectivity index is 2.14. The Hall–Kier alpha value is -1.88. The summed E-state index contributed by atoms with van der Waals surface area (Å²) in [5.41, 5.74) is 4.17. The first-order chi connectivity index (χ1) is 11.5. The van der Waals surface area contributed by atoms with Crippen LogP contribution in [-0.4, -0.2) is 29.8 Å². The van der Waals surface area contributed by atoms with E-state index in [1.54, 1.807) is 0 Å². The molecule has 0 saturated heterocycles. The van der Waals surface area contributed by atoms with Gasteiger partial charge in [-0.1, -0.05) is 31.2 Å². The SMILES string of the molecule is CCc1ccccc1COc1nc(C)c(/N=C/N(C)CC)cc1Br. The molecule has 0 aliphatic heterocycles. The van der Waals surface area contributed by atoms with Gasteiger partial charge in [-0.3, -0.25) is 0 Å². The Bertz CT molecular complexity index is 716. The Labute approximate surface area is 152 Å². The van der Waals surface area contributed by atoms with Gasteiger partial charge < -0.3 is 9.64 Å². The van der Waals surface area contributed by atoms with Crippen LogP contribution >= 0.6 is 15.9 Å². The average Bonchev–Trinajstić information content (AvgIpc) is 2.60. The second kappa shape index (κ2) is 8.83. The van der Waals surface area contributed by atoms with E-state index in [2.05, 4.69) is 58.0 Å². The predicted molar refractivity (Wildman–Crippen MR) is 103 cm³/mol. The van der Waals surface area contributed by atoms with Crippen LogP contribution < -0.4 is 4.74 Å². The number of aliphatic imine (C=N–C) groups is 1. The maximum absolute atomic E-state index is 5.93. The normalized spacial score (nSPS) is 11.0. The second-order valence-electron chi connectivity index (χ2n) is 5.61. The highest BCUT2D eigenvalue weighted by atomic mass is 79.9. The van der Waals surface area contributed by atoms with Gasteiger partial charge >= 0.3 is 0 Å². The lowest BCUT2D eigenvalue weighted by Gasteiger charge is -2.12. The minimum Gasteiger partial charge on any atom is -0.472 e. The van der Waals surface area contributed by atoms with Crippen LogP contribution in [0.1, 0.15) is 30.7 Å². The minimum atomic E-state index is 0.510. The van der Waals surface area contributed by atoms with Gasteiger partial charge in [0.1, 0.15) is 6.61 Å². The molecule has 2 aromatic rings. The molecule has 0 saturated carbocycles. The number of rotatable bonds is 7. The van der Waals surface area contributed by atoms with Gasteiger partial charge in [-0.15, -0.1) is 0 Å².